The number of phenols is 1. The number of aromatic nitrogens is 3. The van der Waals surface area contributed by atoms with E-state index < -0.39 is 33.3 Å². The number of aromatic hydroxyl groups is 1. The zero-order valence-electron chi connectivity index (χ0n) is 22.8. The lowest BCUT2D eigenvalue weighted by Crippen LogP contribution is -2.33. The Hall–Kier alpha value is -4.71. The van der Waals surface area contributed by atoms with Gasteiger partial charge >= 0.3 is 6.09 Å². The molecule has 2 aromatic heterocycles. The van der Waals surface area contributed by atoms with Crippen molar-refractivity contribution in [2.75, 3.05) is 6.54 Å². The number of amides is 1. The molecular weight excluding hydrogens is 548 g/mol. The van der Waals surface area contributed by atoms with Crippen LogP contribution in [0.3, 0.4) is 0 Å². The Balaban J connectivity index is 1.61. The molecule has 11 nitrogen and oxygen atoms in total. The monoisotopic (exact) mass is 576 g/mol. The maximum absolute atomic E-state index is 14.0. The van der Waals surface area contributed by atoms with Crippen molar-refractivity contribution in [1.29, 1.82) is 0 Å². The van der Waals surface area contributed by atoms with E-state index in [4.69, 9.17) is 4.74 Å². The van der Waals surface area contributed by atoms with Gasteiger partial charge in [-0.15, -0.1) is 0 Å². The molecule has 0 atom stereocenters. The summed E-state index contributed by atoms with van der Waals surface area (Å²) in [5.74, 6) is -1.30. The molecule has 5 rings (SSSR count). The van der Waals surface area contributed by atoms with E-state index in [-0.39, 0.29) is 57.4 Å². The first-order chi connectivity index (χ1) is 19.3. The normalized spacial score (nSPS) is 13.1. The molecule has 0 saturated carbocycles. The molecule has 3 N–H and O–H groups in total. The van der Waals surface area contributed by atoms with Crippen molar-refractivity contribution in [1.82, 2.24) is 19.5 Å². The SMILES string of the molecule is Cc1ccc(S(=O)(=O)n2cc(CCNC(=O)OC(C)(C)C)c3c2C(=O)c2c(-c4ccc(O)cc4)n[nH]c2C3=O)cc1. The number of H-pyrrole nitrogens is 1. The third-order valence-electron chi connectivity index (χ3n) is 6.50. The molecule has 0 spiro atoms. The zero-order valence-corrected chi connectivity index (χ0v) is 23.6. The summed E-state index contributed by atoms with van der Waals surface area (Å²) in [5.41, 5.74) is 0.466. The zero-order chi connectivity index (χ0) is 29.7. The highest BCUT2D eigenvalue weighted by Crippen LogP contribution is 2.37. The third kappa shape index (κ3) is 5.13. The van der Waals surface area contributed by atoms with Crippen LogP contribution in [0.5, 0.6) is 5.75 Å². The van der Waals surface area contributed by atoms with Gasteiger partial charge < -0.3 is 15.2 Å². The van der Waals surface area contributed by atoms with Crippen molar-refractivity contribution >= 4 is 27.7 Å². The molecule has 212 valence electrons. The third-order valence-corrected chi connectivity index (χ3v) is 8.17. The Labute approximate surface area is 236 Å². The molecule has 1 aliphatic carbocycles. The fraction of sp³-hybridized carbons (Fsp3) is 0.241. The number of hydrogen-bond donors (Lipinski definition) is 3. The Bertz CT molecular complexity index is 1790. The van der Waals surface area contributed by atoms with Crippen LogP contribution in [-0.4, -0.2) is 57.5 Å². The van der Waals surface area contributed by atoms with Crippen LogP contribution in [0, 0.1) is 6.92 Å². The summed E-state index contributed by atoms with van der Waals surface area (Å²) in [6.45, 7) is 7.00. The molecule has 0 radical (unpaired) electrons. The number of aryl methyl sites for hydroxylation is 1. The lowest BCUT2D eigenvalue weighted by molar-refractivity contribution is 0.0528. The number of ether oxygens (including phenoxy) is 1. The van der Waals surface area contributed by atoms with E-state index in [1.165, 1.54) is 42.6 Å². The predicted molar refractivity (Wildman–Crippen MR) is 149 cm³/mol. The van der Waals surface area contributed by atoms with Gasteiger partial charge in [0.25, 0.3) is 10.0 Å². The Kier molecular flexibility index (Phi) is 6.82. The molecular formula is C29H28N4O7S. The fourth-order valence-electron chi connectivity index (χ4n) is 4.62. The number of hydrogen-bond acceptors (Lipinski definition) is 8. The summed E-state index contributed by atoms with van der Waals surface area (Å²) >= 11 is 0. The number of carbonyl (C=O) groups excluding carboxylic acids is 3. The van der Waals surface area contributed by atoms with Gasteiger partial charge in [-0.3, -0.25) is 14.7 Å². The standard InChI is InChI=1S/C29H28N4O7S/c1-16-5-11-20(12-6-16)41(38,39)33-15-18(13-14-30-28(37)40-29(2,3)4)21-25(33)27(36)22-23(31-32-24(22)26(21)35)17-7-9-19(34)10-8-17/h5-12,15,34H,13-14H2,1-4H3,(H,30,37)(H,31,32). The van der Waals surface area contributed by atoms with E-state index in [1.54, 1.807) is 32.9 Å². The molecule has 12 heteroatoms. The van der Waals surface area contributed by atoms with Crippen molar-refractivity contribution < 1.29 is 32.6 Å². The number of rotatable bonds is 6. The van der Waals surface area contributed by atoms with Crippen LogP contribution in [0.25, 0.3) is 11.3 Å². The average Bonchev–Trinajstić information content (AvgIpc) is 3.51. The molecule has 2 aromatic carbocycles. The highest BCUT2D eigenvalue weighted by Gasteiger charge is 2.41. The number of benzene rings is 2. The van der Waals surface area contributed by atoms with Crippen LogP contribution in [0.1, 0.15) is 64.0 Å². The molecule has 41 heavy (non-hydrogen) atoms. The summed E-state index contributed by atoms with van der Waals surface area (Å²) in [6, 6.07) is 12.0. The lowest BCUT2D eigenvalue weighted by Gasteiger charge is -2.19. The van der Waals surface area contributed by atoms with Crippen molar-refractivity contribution in [3.05, 3.63) is 88.4 Å². The van der Waals surface area contributed by atoms with Crippen molar-refractivity contribution in [2.45, 2.75) is 44.6 Å². The topological polar surface area (TPSA) is 160 Å². The van der Waals surface area contributed by atoms with Crippen LogP contribution < -0.4 is 5.32 Å². The predicted octanol–water partition coefficient (Wildman–Crippen LogP) is 3.97. The smallest absolute Gasteiger partial charge is 0.407 e. The van der Waals surface area contributed by atoms with Gasteiger partial charge in [-0.1, -0.05) is 17.7 Å². The van der Waals surface area contributed by atoms with E-state index >= 15 is 0 Å². The number of aromatic amines is 1. The Morgan fingerprint density at radius 2 is 1.68 bits per heavy atom. The minimum atomic E-state index is -4.30. The second kappa shape index (κ2) is 10.0. The summed E-state index contributed by atoms with van der Waals surface area (Å²) < 4.78 is 33.7. The number of ketones is 2. The van der Waals surface area contributed by atoms with Crippen LogP contribution in [0.2, 0.25) is 0 Å². The Morgan fingerprint density at radius 3 is 2.32 bits per heavy atom. The second-order valence-electron chi connectivity index (χ2n) is 10.7. The number of alkyl carbamates (subject to hydrolysis) is 1. The minimum absolute atomic E-state index is 0.00513. The van der Waals surface area contributed by atoms with Gasteiger partial charge in [-0.25, -0.2) is 17.2 Å². The van der Waals surface area contributed by atoms with Gasteiger partial charge in [-0.05, 0) is 76.1 Å². The van der Waals surface area contributed by atoms with Gasteiger partial charge in [-0.2, -0.15) is 5.10 Å². The first-order valence-corrected chi connectivity index (χ1v) is 14.2. The fourth-order valence-corrected chi connectivity index (χ4v) is 6.00. The van der Waals surface area contributed by atoms with Crippen LogP contribution in [0.15, 0.2) is 59.6 Å². The first-order valence-electron chi connectivity index (χ1n) is 12.8. The van der Waals surface area contributed by atoms with Gasteiger partial charge in [0.2, 0.25) is 11.6 Å². The van der Waals surface area contributed by atoms with Gasteiger partial charge in [0.15, 0.2) is 0 Å². The van der Waals surface area contributed by atoms with Crippen molar-refractivity contribution in [2.24, 2.45) is 0 Å². The van der Waals surface area contributed by atoms with Crippen molar-refractivity contribution in [3.63, 3.8) is 0 Å². The van der Waals surface area contributed by atoms with Crippen LogP contribution >= 0.6 is 0 Å². The van der Waals surface area contributed by atoms with Crippen molar-refractivity contribution in [3.8, 4) is 17.0 Å². The molecule has 0 aliphatic heterocycles. The van der Waals surface area contributed by atoms with E-state index in [9.17, 15) is 27.9 Å². The number of nitrogens with one attached hydrogen (secondary N) is 2. The molecule has 4 aromatic rings. The lowest BCUT2D eigenvalue weighted by atomic mass is 9.88. The molecule has 2 heterocycles. The maximum atomic E-state index is 14.0. The summed E-state index contributed by atoms with van der Waals surface area (Å²) in [7, 11) is -4.30. The number of carbonyl (C=O) groups is 3. The summed E-state index contributed by atoms with van der Waals surface area (Å²) in [6.07, 6.45) is 0.631. The van der Waals surface area contributed by atoms with E-state index in [1.807, 2.05) is 6.92 Å². The van der Waals surface area contributed by atoms with Crippen LogP contribution in [0.4, 0.5) is 4.79 Å². The summed E-state index contributed by atoms with van der Waals surface area (Å²) in [4.78, 5) is 39.9. The number of fused-ring (bicyclic) bond motifs is 2. The highest BCUT2D eigenvalue weighted by molar-refractivity contribution is 7.90. The summed E-state index contributed by atoms with van der Waals surface area (Å²) in [5, 5.41) is 19.1. The van der Waals surface area contributed by atoms with Gasteiger partial charge in [0, 0.05) is 18.3 Å². The molecule has 0 fully saturated rings. The molecule has 1 aliphatic rings. The van der Waals surface area contributed by atoms with Gasteiger partial charge in [0.05, 0.1) is 16.0 Å². The van der Waals surface area contributed by atoms with E-state index in [0.717, 1.165) is 9.54 Å². The second-order valence-corrected chi connectivity index (χ2v) is 12.5. The van der Waals surface area contributed by atoms with E-state index in [2.05, 4.69) is 15.5 Å². The average molecular weight is 577 g/mol. The van der Waals surface area contributed by atoms with Gasteiger partial charge in [0.1, 0.15) is 28.4 Å². The molecule has 1 amide bonds. The van der Waals surface area contributed by atoms with Crippen LogP contribution in [-0.2, 0) is 21.2 Å². The quantitative estimate of drug-likeness (QED) is 0.274. The molecule has 0 bridgehead atoms. The molecule has 0 unspecified atom stereocenters. The largest absolute Gasteiger partial charge is 0.508 e. The minimum Gasteiger partial charge on any atom is -0.508 e. The number of nitrogens with zero attached hydrogens (tertiary/aromatic N) is 2. The number of phenolic OH excluding ortho intramolecular Hbond substituents is 1. The van der Waals surface area contributed by atoms with E-state index in [0.29, 0.717) is 5.56 Å². The first kappa shape index (κ1) is 27.8. The maximum Gasteiger partial charge on any atom is 0.407 e. The highest BCUT2D eigenvalue weighted by atomic mass is 32.2. The Morgan fingerprint density at radius 1 is 1.02 bits per heavy atom. The molecule has 0 saturated heterocycles.